The van der Waals surface area contributed by atoms with E-state index in [9.17, 15) is 0 Å². The third kappa shape index (κ3) is 2.66. The van der Waals surface area contributed by atoms with Gasteiger partial charge in [-0.25, -0.2) is 0 Å². The highest BCUT2D eigenvalue weighted by Crippen LogP contribution is 2.65. The van der Waals surface area contributed by atoms with Gasteiger partial charge in [-0.2, -0.15) is 9.34 Å². The van der Waals surface area contributed by atoms with Crippen LogP contribution < -0.4 is 0 Å². The summed E-state index contributed by atoms with van der Waals surface area (Å²) < 4.78 is 8.34. The molecule has 1 saturated carbocycles. The summed E-state index contributed by atoms with van der Waals surface area (Å²) in [6.07, 6.45) is 7.20. The molecule has 1 aliphatic carbocycles. The molecule has 0 atom stereocenters. The highest BCUT2D eigenvalue weighted by atomic mass is 31.2. The summed E-state index contributed by atoms with van der Waals surface area (Å²) in [5.41, 5.74) is 0. The maximum Gasteiger partial charge on any atom is 0.224 e. The van der Waals surface area contributed by atoms with Gasteiger partial charge in [0.25, 0.3) is 0 Å². The molecule has 3 saturated heterocycles. The van der Waals surface area contributed by atoms with Crippen LogP contribution in [0.2, 0.25) is 0 Å². The van der Waals surface area contributed by atoms with E-state index in [0.29, 0.717) is 0 Å². The fourth-order valence-electron chi connectivity index (χ4n) is 4.24. The lowest BCUT2D eigenvalue weighted by Crippen LogP contribution is -2.56. The van der Waals surface area contributed by atoms with Gasteiger partial charge in [-0.3, -0.25) is 4.90 Å². The predicted molar refractivity (Wildman–Crippen MR) is 88.1 cm³/mol. The first kappa shape index (κ1) is 15.2. The molecule has 0 amide bonds. The van der Waals surface area contributed by atoms with E-state index in [-0.39, 0.29) is 0 Å². The van der Waals surface area contributed by atoms with Gasteiger partial charge in [0, 0.05) is 59.4 Å². The van der Waals surface area contributed by atoms with Crippen molar-refractivity contribution < 1.29 is 0 Å². The number of likely N-dealkylation sites (N-methyl/N-ethyl adjacent to an activating group) is 2. The molecule has 4 aliphatic rings. The Morgan fingerprint density at radius 2 is 1.30 bits per heavy atom. The molecule has 4 rings (SSSR count). The zero-order valence-electron chi connectivity index (χ0n) is 13.6. The molecule has 5 heteroatoms. The van der Waals surface area contributed by atoms with Crippen LogP contribution in [-0.2, 0) is 0 Å². The summed E-state index contributed by atoms with van der Waals surface area (Å²) in [4.78, 5) is 2.67. The van der Waals surface area contributed by atoms with E-state index in [0.717, 1.165) is 6.04 Å². The van der Waals surface area contributed by atoms with Crippen LogP contribution in [0.4, 0.5) is 0 Å². The van der Waals surface area contributed by atoms with Crippen molar-refractivity contribution in [2.75, 3.05) is 60.0 Å². The fourth-order valence-corrected chi connectivity index (χ4v) is 7.80. The van der Waals surface area contributed by atoms with Gasteiger partial charge in [-0.05, 0) is 12.8 Å². The van der Waals surface area contributed by atoms with Crippen molar-refractivity contribution in [2.45, 2.75) is 38.1 Å². The van der Waals surface area contributed by atoms with Crippen LogP contribution >= 0.6 is 7.71 Å². The van der Waals surface area contributed by atoms with E-state index in [1.807, 2.05) is 0 Å². The summed E-state index contributed by atoms with van der Waals surface area (Å²) >= 11 is 0. The lowest BCUT2D eigenvalue weighted by atomic mass is 9.95. The van der Waals surface area contributed by atoms with Gasteiger partial charge < -0.3 is 0 Å². The van der Waals surface area contributed by atoms with Crippen molar-refractivity contribution in [3.05, 3.63) is 0 Å². The Balaban J connectivity index is 1.89. The van der Waals surface area contributed by atoms with Gasteiger partial charge in [-0.15, -0.1) is 4.67 Å². The van der Waals surface area contributed by atoms with E-state index in [1.54, 1.807) is 0 Å². The molecule has 0 aromatic carbocycles. The summed E-state index contributed by atoms with van der Waals surface area (Å²) in [5, 5.41) is 0. The molecule has 0 aromatic rings. The second-order valence-electron chi connectivity index (χ2n) is 6.93. The summed E-state index contributed by atoms with van der Waals surface area (Å²) in [6, 6.07) is 0.838. The largest absolute Gasteiger partial charge is 0.299 e. The molecule has 3 aliphatic heterocycles. The summed E-state index contributed by atoms with van der Waals surface area (Å²) in [7, 11) is 3.46. The Labute approximate surface area is 125 Å². The first-order chi connectivity index (χ1) is 9.62. The van der Waals surface area contributed by atoms with E-state index in [4.69, 9.17) is 0 Å². The van der Waals surface area contributed by atoms with Crippen LogP contribution in [0.3, 0.4) is 0 Å². The summed E-state index contributed by atoms with van der Waals surface area (Å²) in [5.74, 6) is 0. The molecule has 116 valence electrons. The first-order valence-corrected chi connectivity index (χ1v) is 10.5. The minimum atomic E-state index is -1.28. The molecule has 0 unspecified atom stereocenters. The topological polar surface area (TPSA) is 13.0 Å². The third-order valence-corrected chi connectivity index (χ3v) is 10.4. The maximum atomic E-state index is 2.94. The van der Waals surface area contributed by atoms with Gasteiger partial charge >= 0.3 is 0 Å². The molecule has 0 aromatic heterocycles. The molecule has 0 radical (unpaired) electrons. The fraction of sp³-hybridized carbons (Fsp3) is 1.00. The van der Waals surface area contributed by atoms with Crippen LogP contribution in [0.15, 0.2) is 0 Å². The lowest BCUT2D eigenvalue weighted by molar-refractivity contribution is 0.143. The van der Waals surface area contributed by atoms with Gasteiger partial charge in [0.05, 0.1) is 6.66 Å². The smallest absolute Gasteiger partial charge is 0.224 e. The van der Waals surface area contributed by atoms with Gasteiger partial charge in [0.1, 0.15) is 0 Å². The minimum Gasteiger partial charge on any atom is -0.299 e. The second-order valence-corrected chi connectivity index (χ2v) is 10.5. The zero-order chi connectivity index (χ0) is 14.2. The first-order valence-electron chi connectivity index (χ1n) is 8.41. The van der Waals surface area contributed by atoms with Crippen LogP contribution in [0, 0.1) is 0 Å². The van der Waals surface area contributed by atoms with Gasteiger partial charge in [0.2, 0.25) is 7.71 Å². The Kier molecular flexibility index (Phi) is 4.69. The van der Waals surface area contributed by atoms with Crippen molar-refractivity contribution in [1.82, 2.24) is 18.9 Å². The van der Waals surface area contributed by atoms with Crippen molar-refractivity contribution in [2.24, 2.45) is 0 Å². The monoisotopic (exact) mass is 299 g/mol. The highest BCUT2D eigenvalue weighted by Gasteiger charge is 2.53. The Hall–Kier alpha value is 0.270. The standard InChI is InChI=1S/C15H32N4P/c1-16-9-11-18-12-10-17(2)20(16,3)19(14-13-18)15-7-5-4-6-8-15/h15H,4-14H2,1-3H3/q+1. The molecular formula is C15H32N4P+. The Bertz CT molecular complexity index is 318. The molecule has 4 nitrogen and oxygen atoms in total. The predicted octanol–water partition coefficient (Wildman–Crippen LogP) is 2.21. The maximum absolute atomic E-state index is 2.94. The summed E-state index contributed by atoms with van der Waals surface area (Å²) in [6.45, 7) is 10.1. The van der Waals surface area contributed by atoms with E-state index >= 15 is 0 Å². The average Bonchev–Trinajstić information content (AvgIpc) is 2.46. The SMILES string of the molecule is CN1CCN2CCN(C)[P+]1(C)N(C1CCCCC1)CC2. The van der Waals surface area contributed by atoms with Crippen molar-refractivity contribution >= 4 is 7.71 Å². The number of fused-ring (bicyclic) bond motifs is 6. The van der Waals surface area contributed by atoms with Crippen LogP contribution in [0.5, 0.6) is 0 Å². The average molecular weight is 299 g/mol. The quantitative estimate of drug-likeness (QED) is 0.688. The van der Waals surface area contributed by atoms with E-state index in [1.165, 1.54) is 71.4 Å². The normalized spacial score (nSPS) is 39.5. The van der Waals surface area contributed by atoms with Crippen molar-refractivity contribution in [3.8, 4) is 0 Å². The second kappa shape index (κ2) is 6.18. The molecule has 20 heavy (non-hydrogen) atoms. The van der Waals surface area contributed by atoms with Crippen LogP contribution in [0.1, 0.15) is 32.1 Å². The number of hydrogen-bond donors (Lipinski definition) is 0. The van der Waals surface area contributed by atoms with Gasteiger partial charge in [0.15, 0.2) is 0 Å². The third-order valence-electron chi connectivity index (χ3n) is 5.90. The van der Waals surface area contributed by atoms with E-state index < -0.39 is 7.71 Å². The number of rotatable bonds is 1. The van der Waals surface area contributed by atoms with Crippen LogP contribution in [-0.4, -0.2) is 85.0 Å². The highest BCUT2D eigenvalue weighted by molar-refractivity contribution is 7.68. The van der Waals surface area contributed by atoms with Gasteiger partial charge in [-0.1, -0.05) is 19.3 Å². The zero-order valence-corrected chi connectivity index (χ0v) is 14.5. The minimum absolute atomic E-state index is 0.838. The van der Waals surface area contributed by atoms with E-state index in [2.05, 4.69) is 39.7 Å². The van der Waals surface area contributed by atoms with Crippen molar-refractivity contribution in [1.29, 1.82) is 0 Å². The molecular weight excluding hydrogens is 267 g/mol. The molecule has 2 bridgehead atoms. The Morgan fingerprint density at radius 1 is 0.750 bits per heavy atom. The lowest BCUT2D eigenvalue weighted by Gasteiger charge is -2.51. The Morgan fingerprint density at radius 3 is 1.90 bits per heavy atom. The molecule has 0 spiro atoms. The molecule has 0 N–H and O–H groups in total. The number of hydrogen-bond acceptors (Lipinski definition) is 4. The molecule has 3 heterocycles. The molecule has 4 fully saturated rings. The van der Waals surface area contributed by atoms with Crippen molar-refractivity contribution in [3.63, 3.8) is 0 Å². The number of nitrogens with zero attached hydrogens (tertiary/aromatic N) is 4. The van der Waals surface area contributed by atoms with Crippen LogP contribution in [0.25, 0.3) is 0 Å².